The standard InChI is InChI=1S/C16H14BrClOS/c17-13-5-6-15(12(7-13)9-18)19-10-14-8-11-3-1-2-4-16(11)20-14/h1-7,14H,8-10H2. The fourth-order valence-electron chi connectivity index (χ4n) is 2.32. The molecule has 20 heavy (non-hydrogen) atoms. The van der Waals surface area contributed by atoms with Crippen molar-refractivity contribution in [3.8, 4) is 5.75 Å². The molecule has 2 aromatic carbocycles. The van der Waals surface area contributed by atoms with Gasteiger partial charge in [0.25, 0.3) is 0 Å². The van der Waals surface area contributed by atoms with Crippen LogP contribution in [0.2, 0.25) is 0 Å². The van der Waals surface area contributed by atoms with Crippen molar-refractivity contribution in [3.05, 3.63) is 58.1 Å². The first kappa shape index (κ1) is 14.3. The molecule has 0 spiro atoms. The average molecular weight is 370 g/mol. The monoisotopic (exact) mass is 368 g/mol. The molecule has 104 valence electrons. The van der Waals surface area contributed by atoms with Crippen molar-refractivity contribution in [2.75, 3.05) is 6.61 Å². The fraction of sp³-hybridized carbons (Fsp3) is 0.250. The van der Waals surface area contributed by atoms with Crippen molar-refractivity contribution in [3.63, 3.8) is 0 Å². The van der Waals surface area contributed by atoms with Crippen LogP contribution in [0.4, 0.5) is 0 Å². The molecule has 2 aromatic rings. The summed E-state index contributed by atoms with van der Waals surface area (Å²) in [6.45, 7) is 0.713. The second-order valence-corrected chi connectivity index (χ2v) is 7.27. The summed E-state index contributed by atoms with van der Waals surface area (Å²) in [6, 6.07) is 14.6. The van der Waals surface area contributed by atoms with Gasteiger partial charge in [0.05, 0.1) is 5.88 Å². The van der Waals surface area contributed by atoms with Crippen LogP contribution in [-0.4, -0.2) is 11.9 Å². The number of benzene rings is 2. The summed E-state index contributed by atoms with van der Waals surface area (Å²) in [7, 11) is 0. The highest BCUT2D eigenvalue weighted by atomic mass is 79.9. The van der Waals surface area contributed by atoms with Gasteiger partial charge in [-0.1, -0.05) is 34.1 Å². The molecular weight excluding hydrogens is 356 g/mol. The number of fused-ring (bicyclic) bond motifs is 1. The smallest absolute Gasteiger partial charge is 0.123 e. The molecule has 0 N–H and O–H groups in total. The van der Waals surface area contributed by atoms with E-state index in [4.69, 9.17) is 16.3 Å². The molecule has 0 fully saturated rings. The van der Waals surface area contributed by atoms with Crippen LogP contribution in [0.15, 0.2) is 51.8 Å². The Balaban J connectivity index is 1.64. The van der Waals surface area contributed by atoms with E-state index < -0.39 is 0 Å². The zero-order valence-electron chi connectivity index (χ0n) is 10.8. The summed E-state index contributed by atoms with van der Waals surface area (Å²) < 4.78 is 7.00. The van der Waals surface area contributed by atoms with Crippen LogP contribution in [0.3, 0.4) is 0 Å². The summed E-state index contributed by atoms with van der Waals surface area (Å²) in [5.74, 6) is 1.35. The Labute approximate surface area is 136 Å². The molecule has 3 rings (SSSR count). The topological polar surface area (TPSA) is 9.23 Å². The van der Waals surface area contributed by atoms with E-state index in [1.807, 2.05) is 30.0 Å². The summed E-state index contributed by atoms with van der Waals surface area (Å²) in [5, 5.41) is 0.485. The largest absolute Gasteiger partial charge is 0.492 e. The van der Waals surface area contributed by atoms with Crippen LogP contribution in [-0.2, 0) is 12.3 Å². The lowest BCUT2D eigenvalue weighted by Gasteiger charge is -2.13. The number of hydrogen-bond acceptors (Lipinski definition) is 2. The van der Waals surface area contributed by atoms with Gasteiger partial charge < -0.3 is 4.74 Å². The van der Waals surface area contributed by atoms with E-state index in [-0.39, 0.29) is 0 Å². The van der Waals surface area contributed by atoms with E-state index in [2.05, 4.69) is 40.2 Å². The van der Waals surface area contributed by atoms with Gasteiger partial charge in [0, 0.05) is 20.2 Å². The Morgan fingerprint density at radius 2 is 2.10 bits per heavy atom. The highest BCUT2D eigenvalue weighted by molar-refractivity contribution is 9.10. The van der Waals surface area contributed by atoms with Crippen LogP contribution in [0.1, 0.15) is 11.1 Å². The number of thioether (sulfide) groups is 1. The molecule has 0 radical (unpaired) electrons. The van der Waals surface area contributed by atoms with Gasteiger partial charge in [0.15, 0.2) is 0 Å². The van der Waals surface area contributed by atoms with Crippen molar-refractivity contribution in [1.82, 2.24) is 0 Å². The summed E-state index contributed by atoms with van der Waals surface area (Å²) in [6.07, 6.45) is 1.08. The fourth-order valence-corrected chi connectivity index (χ4v) is 4.16. The zero-order valence-corrected chi connectivity index (χ0v) is 14.0. The molecule has 0 saturated carbocycles. The molecule has 1 atom stereocenters. The minimum absolute atomic E-state index is 0.465. The normalized spacial score (nSPS) is 17.0. The quantitative estimate of drug-likeness (QED) is 0.678. The maximum Gasteiger partial charge on any atom is 0.123 e. The minimum Gasteiger partial charge on any atom is -0.492 e. The third kappa shape index (κ3) is 3.16. The molecule has 0 saturated heterocycles. The number of rotatable bonds is 4. The first-order valence-corrected chi connectivity index (χ1v) is 8.69. The second kappa shape index (κ2) is 6.42. The van der Waals surface area contributed by atoms with Crippen LogP contribution in [0, 0.1) is 0 Å². The number of halogens is 2. The number of ether oxygens (including phenoxy) is 1. The third-order valence-corrected chi connectivity index (χ3v) is 5.37. The molecular formula is C16H14BrClOS. The zero-order chi connectivity index (χ0) is 13.9. The van der Waals surface area contributed by atoms with Crippen molar-refractivity contribution in [2.45, 2.75) is 22.4 Å². The first-order valence-electron chi connectivity index (χ1n) is 6.48. The van der Waals surface area contributed by atoms with Gasteiger partial charge in [-0.25, -0.2) is 0 Å². The van der Waals surface area contributed by atoms with Crippen molar-refractivity contribution >= 4 is 39.3 Å². The molecule has 0 aliphatic carbocycles. The maximum atomic E-state index is 5.97. The lowest BCUT2D eigenvalue weighted by molar-refractivity contribution is 0.315. The lowest BCUT2D eigenvalue weighted by atomic mass is 10.1. The molecule has 1 unspecified atom stereocenters. The van der Waals surface area contributed by atoms with E-state index in [0.717, 1.165) is 22.2 Å². The van der Waals surface area contributed by atoms with E-state index in [1.165, 1.54) is 10.5 Å². The van der Waals surface area contributed by atoms with Gasteiger partial charge in [-0.3, -0.25) is 0 Å². The summed E-state index contributed by atoms with van der Waals surface area (Å²) >= 11 is 11.3. The average Bonchev–Trinajstić information content (AvgIpc) is 2.88. The van der Waals surface area contributed by atoms with Crippen molar-refractivity contribution in [1.29, 1.82) is 0 Å². The first-order chi connectivity index (χ1) is 9.76. The summed E-state index contributed by atoms with van der Waals surface area (Å²) in [5.41, 5.74) is 2.46. The highest BCUT2D eigenvalue weighted by Gasteiger charge is 2.22. The predicted octanol–water partition coefficient (Wildman–Crippen LogP) is 5.28. The van der Waals surface area contributed by atoms with Crippen LogP contribution in [0.5, 0.6) is 5.75 Å². The molecule has 1 aliphatic heterocycles. The van der Waals surface area contributed by atoms with Gasteiger partial charge in [-0.2, -0.15) is 0 Å². The minimum atomic E-state index is 0.465. The van der Waals surface area contributed by atoms with Crippen molar-refractivity contribution in [2.24, 2.45) is 0 Å². The van der Waals surface area contributed by atoms with Gasteiger partial charge in [0.2, 0.25) is 0 Å². The van der Waals surface area contributed by atoms with E-state index >= 15 is 0 Å². The Kier molecular flexibility index (Phi) is 4.59. The van der Waals surface area contributed by atoms with E-state index in [0.29, 0.717) is 17.7 Å². The number of alkyl halides is 1. The van der Waals surface area contributed by atoms with Gasteiger partial charge >= 0.3 is 0 Å². The molecule has 1 nitrogen and oxygen atoms in total. The Morgan fingerprint density at radius 1 is 1.25 bits per heavy atom. The predicted molar refractivity (Wildman–Crippen MR) is 89.0 cm³/mol. The maximum absolute atomic E-state index is 5.97. The van der Waals surface area contributed by atoms with Crippen molar-refractivity contribution < 1.29 is 4.74 Å². The molecule has 0 amide bonds. The Hall–Kier alpha value is -0.640. The van der Waals surface area contributed by atoms with Gasteiger partial charge in [0.1, 0.15) is 12.4 Å². The molecule has 0 aromatic heterocycles. The lowest BCUT2D eigenvalue weighted by Crippen LogP contribution is -2.14. The molecule has 0 bridgehead atoms. The van der Waals surface area contributed by atoms with Gasteiger partial charge in [-0.05, 0) is 36.2 Å². The highest BCUT2D eigenvalue weighted by Crippen LogP contribution is 2.37. The van der Waals surface area contributed by atoms with E-state index in [9.17, 15) is 0 Å². The molecule has 4 heteroatoms. The molecule has 1 heterocycles. The summed E-state index contributed by atoms with van der Waals surface area (Å²) in [4.78, 5) is 1.38. The second-order valence-electron chi connectivity index (χ2n) is 4.75. The van der Waals surface area contributed by atoms with Crippen LogP contribution in [0.25, 0.3) is 0 Å². The SMILES string of the molecule is ClCc1cc(Br)ccc1OCC1Cc2ccccc2S1. The molecule has 1 aliphatic rings. The van der Waals surface area contributed by atoms with Gasteiger partial charge in [-0.15, -0.1) is 23.4 Å². The van der Waals surface area contributed by atoms with Crippen LogP contribution >= 0.6 is 39.3 Å². The van der Waals surface area contributed by atoms with E-state index in [1.54, 1.807) is 0 Å². The Bertz CT molecular complexity index is 592. The Morgan fingerprint density at radius 3 is 2.90 bits per heavy atom. The van der Waals surface area contributed by atoms with Crippen LogP contribution < -0.4 is 4.74 Å². The third-order valence-electron chi connectivity index (χ3n) is 3.31. The number of hydrogen-bond donors (Lipinski definition) is 0.